The zero-order chi connectivity index (χ0) is 11.0. The van der Waals surface area contributed by atoms with E-state index in [-0.39, 0.29) is 5.82 Å². The van der Waals surface area contributed by atoms with Crippen LogP contribution in [-0.4, -0.2) is 9.55 Å². The van der Waals surface area contributed by atoms with Crippen LogP contribution in [0.2, 0.25) is 0 Å². The molecule has 0 unspecified atom stereocenters. The minimum atomic E-state index is -0.301. The summed E-state index contributed by atoms with van der Waals surface area (Å²) in [7, 11) is 0. The molecule has 0 aliphatic carbocycles. The van der Waals surface area contributed by atoms with Gasteiger partial charge in [0.1, 0.15) is 5.82 Å². The maximum Gasteiger partial charge on any atom is 0.178 e. The zero-order valence-corrected chi connectivity index (χ0v) is 10.2. The van der Waals surface area contributed by atoms with Crippen molar-refractivity contribution in [3.63, 3.8) is 0 Å². The summed E-state index contributed by atoms with van der Waals surface area (Å²) in [6, 6.07) is 3.13. The Balaban J connectivity index is 2.81. The molecule has 2 nitrogen and oxygen atoms in total. The number of aromatic nitrogens is 2. The Bertz CT molecular complexity index is 585. The van der Waals surface area contributed by atoms with Gasteiger partial charge in [0, 0.05) is 12.6 Å². The largest absolute Gasteiger partial charge is 0.330 e. The number of H-pyrrole nitrogens is 1. The smallest absolute Gasteiger partial charge is 0.178 e. The molecule has 0 saturated carbocycles. The molecule has 1 aromatic heterocycles. The van der Waals surface area contributed by atoms with Gasteiger partial charge in [0.2, 0.25) is 0 Å². The van der Waals surface area contributed by atoms with Gasteiger partial charge >= 0.3 is 0 Å². The Hall–Kier alpha value is -0.940. The van der Waals surface area contributed by atoms with Crippen molar-refractivity contribution in [3.8, 4) is 0 Å². The molecule has 2 aromatic rings. The van der Waals surface area contributed by atoms with Crippen LogP contribution in [0.5, 0.6) is 0 Å². The van der Waals surface area contributed by atoms with E-state index in [1.807, 2.05) is 4.57 Å². The highest BCUT2D eigenvalue weighted by Gasteiger charge is 2.07. The summed E-state index contributed by atoms with van der Waals surface area (Å²) in [6.07, 6.45) is 1.75. The van der Waals surface area contributed by atoms with Gasteiger partial charge in [0.05, 0.1) is 15.5 Å². The highest BCUT2D eigenvalue weighted by Crippen LogP contribution is 2.23. The Morgan fingerprint density at radius 1 is 1.60 bits per heavy atom. The van der Waals surface area contributed by atoms with E-state index >= 15 is 0 Å². The van der Waals surface area contributed by atoms with Crippen molar-refractivity contribution in [2.24, 2.45) is 0 Å². The first-order chi connectivity index (χ1) is 7.13. The molecule has 0 amide bonds. The van der Waals surface area contributed by atoms with Gasteiger partial charge in [0.25, 0.3) is 0 Å². The molecule has 0 atom stereocenters. The van der Waals surface area contributed by atoms with Gasteiger partial charge in [-0.1, -0.05) is 6.08 Å². The topological polar surface area (TPSA) is 20.7 Å². The van der Waals surface area contributed by atoms with E-state index < -0.39 is 0 Å². The quantitative estimate of drug-likeness (QED) is 0.658. The van der Waals surface area contributed by atoms with Crippen LogP contribution in [0, 0.1) is 10.6 Å². The summed E-state index contributed by atoms with van der Waals surface area (Å²) >= 11 is 8.28. The molecule has 0 aliphatic rings. The SMILES string of the molecule is C=CCn1c(=S)[nH]c2cc(F)c(Br)cc21. The lowest BCUT2D eigenvalue weighted by atomic mass is 10.3. The normalized spacial score (nSPS) is 10.8. The molecule has 0 fully saturated rings. The standard InChI is InChI=1S/C10H8BrFN2S/c1-2-3-14-9-4-6(11)7(12)5-8(9)13-10(14)15/h2,4-5H,1,3H2,(H,13,15). The van der Waals surface area contributed by atoms with Crippen LogP contribution in [0.3, 0.4) is 0 Å². The lowest BCUT2D eigenvalue weighted by Gasteiger charge is -2.00. The van der Waals surface area contributed by atoms with E-state index in [2.05, 4.69) is 27.5 Å². The predicted molar refractivity (Wildman–Crippen MR) is 65.0 cm³/mol. The second-order valence-corrected chi connectivity index (χ2v) is 4.35. The van der Waals surface area contributed by atoms with Crippen LogP contribution in [0.15, 0.2) is 29.3 Å². The first-order valence-electron chi connectivity index (χ1n) is 4.32. The average molecular weight is 287 g/mol. The lowest BCUT2D eigenvalue weighted by molar-refractivity contribution is 0.622. The summed E-state index contributed by atoms with van der Waals surface area (Å²) < 4.78 is 16.1. The van der Waals surface area contributed by atoms with E-state index in [9.17, 15) is 4.39 Å². The number of rotatable bonds is 2. The Kier molecular flexibility index (Phi) is 2.75. The molecular formula is C10H8BrFN2S. The van der Waals surface area contributed by atoms with Gasteiger partial charge in [-0.25, -0.2) is 4.39 Å². The second kappa shape index (κ2) is 3.90. The minimum absolute atomic E-state index is 0.301. The van der Waals surface area contributed by atoms with Crippen LogP contribution in [-0.2, 0) is 6.54 Å². The molecular weight excluding hydrogens is 279 g/mol. The zero-order valence-electron chi connectivity index (χ0n) is 7.76. The number of hydrogen-bond donors (Lipinski definition) is 1. The summed E-state index contributed by atoms with van der Waals surface area (Å²) in [5.41, 5.74) is 1.57. The molecule has 0 aliphatic heterocycles. The number of nitrogens with zero attached hydrogens (tertiary/aromatic N) is 1. The predicted octanol–water partition coefficient (Wildman–Crippen LogP) is 3.79. The van der Waals surface area contributed by atoms with E-state index in [1.165, 1.54) is 6.07 Å². The molecule has 5 heteroatoms. The molecule has 0 saturated heterocycles. The monoisotopic (exact) mass is 286 g/mol. The van der Waals surface area contributed by atoms with Crippen molar-refractivity contribution >= 4 is 39.2 Å². The van der Waals surface area contributed by atoms with Crippen molar-refractivity contribution in [2.45, 2.75) is 6.54 Å². The molecule has 15 heavy (non-hydrogen) atoms. The number of imidazole rings is 1. The molecule has 78 valence electrons. The summed E-state index contributed by atoms with van der Waals surface area (Å²) in [5, 5.41) is 0. The number of nitrogens with one attached hydrogen (secondary N) is 1. The first-order valence-corrected chi connectivity index (χ1v) is 5.52. The number of halogens is 2. The Labute approximate surface area is 99.5 Å². The Morgan fingerprint density at radius 2 is 2.33 bits per heavy atom. The molecule has 2 rings (SSSR count). The third kappa shape index (κ3) is 1.77. The summed E-state index contributed by atoms with van der Waals surface area (Å²) in [5.74, 6) is -0.301. The van der Waals surface area contributed by atoms with Gasteiger partial charge in [-0.15, -0.1) is 6.58 Å². The fourth-order valence-corrected chi connectivity index (χ4v) is 2.08. The maximum absolute atomic E-state index is 13.2. The van der Waals surface area contributed by atoms with E-state index in [0.717, 1.165) is 5.52 Å². The first kappa shape index (κ1) is 10.6. The van der Waals surface area contributed by atoms with Crippen LogP contribution in [0.4, 0.5) is 4.39 Å². The highest BCUT2D eigenvalue weighted by molar-refractivity contribution is 9.10. The number of allylic oxidation sites excluding steroid dienone is 1. The number of hydrogen-bond acceptors (Lipinski definition) is 1. The fourth-order valence-electron chi connectivity index (χ4n) is 1.46. The van der Waals surface area contributed by atoms with Gasteiger partial charge in [0.15, 0.2) is 4.77 Å². The number of fused-ring (bicyclic) bond motifs is 1. The highest BCUT2D eigenvalue weighted by atomic mass is 79.9. The van der Waals surface area contributed by atoms with Gasteiger partial charge in [-0.2, -0.15) is 0 Å². The summed E-state index contributed by atoms with van der Waals surface area (Å²) in [6.45, 7) is 4.26. The van der Waals surface area contributed by atoms with Gasteiger partial charge < -0.3 is 9.55 Å². The third-order valence-electron chi connectivity index (χ3n) is 2.13. The molecule has 1 heterocycles. The maximum atomic E-state index is 13.2. The van der Waals surface area contributed by atoms with Crippen molar-refractivity contribution in [3.05, 3.63) is 39.8 Å². The minimum Gasteiger partial charge on any atom is -0.330 e. The number of aromatic amines is 1. The third-order valence-corrected chi connectivity index (χ3v) is 3.06. The Morgan fingerprint density at radius 3 is 3.00 bits per heavy atom. The van der Waals surface area contributed by atoms with E-state index in [1.54, 1.807) is 12.1 Å². The molecule has 1 aromatic carbocycles. The van der Waals surface area contributed by atoms with Gasteiger partial charge in [-0.05, 0) is 34.2 Å². The van der Waals surface area contributed by atoms with Crippen molar-refractivity contribution in [2.75, 3.05) is 0 Å². The second-order valence-electron chi connectivity index (χ2n) is 3.11. The molecule has 0 spiro atoms. The lowest BCUT2D eigenvalue weighted by Crippen LogP contribution is -1.94. The van der Waals surface area contributed by atoms with Gasteiger partial charge in [-0.3, -0.25) is 0 Å². The molecule has 0 radical (unpaired) electrons. The average Bonchev–Trinajstić information content (AvgIpc) is 2.46. The van der Waals surface area contributed by atoms with Crippen molar-refractivity contribution in [1.29, 1.82) is 0 Å². The molecule has 0 bridgehead atoms. The van der Waals surface area contributed by atoms with Crippen LogP contribution < -0.4 is 0 Å². The van der Waals surface area contributed by atoms with Crippen molar-refractivity contribution in [1.82, 2.24) is 9.55 Å². The van der Waals surface area contributed by atoms with Crippen molar-refractivity contribution < 1.29 is 4.39 Å². The molecule has 1 N–H and O–H groups in total. The van der Waals surface area contributed by atoms with Crippen LogP contribution in [0.25, 0.3) is 11.0 Å². The number of benzene rings is 1. The summed E-state index contributed by atoms with van der Waals surface area (Å²) in [4.78, 5) is 2.95. The fraction of sp³-hybridized carbons (Fsp3) is 0.100. The van der Waals surface area contributed by atoms with Crippen LogP contribution in [0.1, 0.15) is 0 Å². The van der Waals surface area contributed by atoms with E-state index in [4.69, 9.17) is 12.2 Å². The van der Waals surface area contributed by atoms with E-state index in [0.29, 0.717) is 21.3 Å². The van der Waals surface area contributed by atoms with Crippen LogP contribution >= 0.6 is 28.1 Å².